The first-order valence-corrected chi connectivity index (χ1v) is 7.20. The SMILES string of the molecule is c1ccc(-n2cnnc2CNCCCC2CCO2)cc1. The minimum absolute atomic E-state index is 0.504. The van der Waals surface area contributed by atoms with Gasteiger partial charge in [0.25, 0.3) is 0 Å². The third-order valence-corrected chi connectivity index (χ3v) is 3.61. The van der Waals surface area contributed by atoms with Crippen LogP contribution in [0.1, 0.15) is 25.1 Å². The van der Waals surface area contributed by atoms with E-state index < -0.39 is 0 Å². The van der Waals surface area contributed by atoms with Gasteiger partial charge in [-0.1, -0.05) is 18.2 Å². The van der Waals surface area contributed by atoms with Gasteiger partial charge in [0.2, 0.25) is 0 Å². The molecule has 5 nitrogen and oxygen atoms in total. The van der Waals surface area contributed by atoms with Crippen molar-refractivity contribution in [3.63, 3.8) is 0 Å². The van der Waals surface area contributed by atoms with Crippen molar-refractivity contribution in [3.8, 4) is 5.69 Å². The molecule has 1 N–H and O–H groups in total. The van der Waals surface area contributed by atoms with Gasteiger partial charge in [0, 0.05) is 12.3 Å². The molecular weight excluding hydrogens is 252 g/mol. The Morgan fingerprint density at radius 2 is 2.15 bits per heavy atom. The highest BCUT2D eigenvalue weighted by molar-refractivity contribution is 5.31. The number of benzene rings is 1. The second kappa shape index (κ2) is 6.63. The van der Waals surface area contributed by atoms with E-state index in [0.29, 0.717) is 6.10 Å². The topological polar surface area (TPSA) is 52.0 Å². The summed E-state index contributed by atoms with van der Waals surface area (Å²) in [6, 6.07) is 10.2. The van der Waals surface area contributed by atoms with E-state index in [-0.39, 0.29) is 0 Å². The van der Waals surface area contributed by atoms with E-state index in [4.69, 9.17) is 4.74 Å². The number of rotatable bonds is 7. The van der Waals surface area contributed by atoms with Crippen LogP contribution in [0.2, 0.25) is 0 Å². The zero-order valence-electron chi connectivity index (χ0n) is 11.5. The van der Waals surface area contributed by atoms with Crippen molar-refractivity contribution in [2.75, 3.05) is 13.2 Å². The number of para-hydroxylation sites is 1. The Morgan fingerprint density at radius 3 is 2.90 bits per heavy atom. The number of ether oxygens (including phenoxy) is 1. The maximum absolute atomic E-state index is 5.41. The number of nitrogens with zero attached hydrogens (tertiary/aromatic N) is 3. The third kappa shape index (κ3) is 3.23. The number of hydrogen-bond donors (Lipinski definition) is 1. The summed E-state index contributed by atoms with van der Waals surface area (Å²) in [5, 5.41) is 11.6. The summed E-state index contributed by atoms with van der Waals surface area (Å²) < 4.78 is 7.42. The van der Waals surface area contributed by atoms with E-state index in [0.717, 1.165) is 44.0 Å². The van der Waals surface area contributed by atoms with Crippen LogP contribution in [-0.2, 0) is 11.3 Å². The van der Waals surface area contributed by atoms with Gasteiger partial charge in [-0.25, -0.2) is 0 Å². The van der Waals surface area contributed by atoms with Crippen LogP contribution in [0.25, 0.3) is 5.69 Å². The molecule has 0 aliphatic carbocycles. The highest BCUT2D eigenvalue weighted by Gasteiger charge is 2.16. The second-order valence-electron chi connectivity index (χ2n) is 5.05. The average molecular weight is 272 g/mol. The smallest absolute Gasteiger partial charge is 0.151 e. The highest BCUT2D eigenvalue weighted by atomic mass is 16.5. The first kappa shape index (κ1) is 13.3. The maximum Gasteiger partial charge on any atom is 0.151 e. The minimum Gasteiger partial charge on any atom is -0.378 e. The molecule has 1 unspecified atom stereocenters. The lowest BCUT2D eigenvalue weighted by atomic mass is 10.1. The predicted octanol–water partition coefficient (Wildman–Crippen LogP) is 1.93. The van der Waals surface area contributed by atoms with Crippen molar-refractivity contribution >= 4 is 0 Å². The Hall–Kier alpha value is -1.72. The molecule has 0 saturated carbocycles. The van der Waals surface area contributed by atoms with Gasteiger partial charge in [-0.05, 0) is 37.9 Å². The Balaban J connectivity index is 1.47. The predicted molar refractivity (Wildman–Crippen MR) is 76.7 cm³/mol. The van der Waals surface area contributed by atoms with Crippen molar-refractivity contribution in [2.45, 2.75) is 31.9 Å². The zero-order valence-corrected chi connectivity index (χ0v) is 11.5. The number of nitrogens with one attached hydrogen (secondary N) is 1. The molecule has 0 spiro atoms. The van der Waals surface area contributed by atoms with Gasteiger partial charge >= 0.3 is 0 Å². The van der Waals surface area contributed by atoms with Crippen LogP contribution in [0.15, 0.2) is 36.7 Å². The molecule has 1 atom stereocenters. The van der Waals surface area contributed by atoms with Gasteiger partial charge in [-0.3, -0.25) is 4.57 Å². The van der Waals surface area contributed by atoms with Gasteiger partial charge < -0.3 is 10.1 Å². The van der Waals surface area contributed by atoms with Crippen molar-refractivity contribution in [2.24, 2.45) is 0 Å². The van der Waals surface area contributed by atoms with Crippen LogP contribution in [-0.4, -0.2) is 34.0 Å². The highest BCUT2D eigenvalue weighted by Crippen LogP contribution is 2.15. The van der Waals surface area contributed by atoms with Gasteiger partial charge in [0.15, 0.2) is 5.82 Å². The molecule has 5 heteroatoms. The molecule has 1 aliphatic rings. The second-order valence-corrected chi connectivity index (χ2v) is 5.05. The standard InChI is InChI=1S/C15H20N4O/c1-2-5-13(6-3-1)19-12-17-18-15(19)11-16-9-4-7-14-8-10-20-14/h1-3,5-6,12,14,16H,4,7-11H2. The summed E-state index contributed by atoms with van der Waals surface area (Å²) in [7, 11) is 0. The Kier molecular flexibility index (Phi) is 4.40. The first-order valence-electron chi connectivity index (χ1n) is 7.20. The van der Waals surface area contributed by atoms with Gasteiger partial charge in [0.05, 0.1) is 12.6 Å². The van der Waals surface area contributed by atoms with Crippen LogP contribution < -0.4 is 5.32 Å². The average Bonchev–Trinajstić information content (AvgIpc) is 2.90. The minimum atomic E-state index is 0.504. The summed E-state index contributed by atoms with van der Waals surface area (Å²) in [6.07, 6.45) is 5.78. The van der Waals surface area contributed by atoms with E-state index in [1.165, 1.54) is 6.42 Å². The molecule has 1 aromatic carbocycles. The van der Waals surface area contributed by atoms with Gasteiger partial charge in [-0.15, -0.1) is 10.2 Å². The third-order valence-electron chi connectivity index (χ3n) is 3.61. The molecule has 1 aliphatic heterocycles. The summed E-state index contributed by atoms with van der Waals surface area (Å²) >= 11 is 0. The van der Waals surface area contributed by atoms with Gasteiger partial charge in [0.1, 0.15) is 6.33 Å². The summed E-state index contributed by atoms with van der Waals surface area (Å²) in [5.74, 6) is 0.941. The lowest BCUT2D eigenvalue weighted by Crippen LogP contribution is -2.28. The van der Waals surface area contributed by atoms with Crippen molar-refractivity contribution in [1.82, 2.24) is 20.1 Å². The van der Waals surface area contributed by atoms with Crippen molar-refractivity contribution < 1.29 is 4.74 Å². The van der Waals surface area contributed by atoms with Crippen LogP contribution in [0.5, 0.6) is 0 Å². The number of aromatic nitrogens is 3. The monoisotopic (exact) mass is 272 g/mol. The van der Waals surface area contributed by atoms with Crippen LogP contribution in [0.4, 0.5) is 0 Å². The van der Waals surface area contributed by atoms with Crippen LogP contribution in [0, 0.1) is 0 Å². The molecule has 3 rings (SSSR count). The lowest BCUT2D eigenvalue weighted by Gasteiger charge is -2.26. The Labute approximate surface area is 119 Å². The molecule has 1 saturated heterocycles. The fourth-order valence-electron chi connectivity index (χ4n) is 2.35. The largest absolute Gasteiger partial charge is 0.378 e. The van der Waals surface area contributed by atoms with Crippen LogP contribution in [0.3, 0.4) is 0 Å². The van der Waals surface area contributed by atoms with Crippen molar-refractivity contribution in [1.29, 1.82) is 0 Å². The van der Waals surface area contributed by atoms with E-state index >= 15 is 0 Å². The van der Waals surface area contributed by atoms with Crippen molar-refractivity contribution in [3.05, 3.63) is 42.5 Å². The molecular formula is C15H20N4O. The molecule has 0 amide bonds. The Morgan fingerprint density at radius 1 is 1.30 bits per heavy atom. The fourth-order valence-corrected chi connectivity index (χ4v) is 2.35. The molecule has 2 aromatic rings. The van der Waals surface area contributed by atoms with E-state index in [1.54, 1.807) is 6.33 Å². The molecule has 1 aromatic heterocycles. The van der Waals surface area contributed by atoms with Crippen LogP contribution >= 0.6 is 0 Å². The van der Waals surface area contributed by atoms with E-state index in [9.17, 15) is 0 Å². The maximum atomic E-state index is 5.41. The fraction of sp³-hybridized carbons (Fsp3) is 0.467. The summed E-state index contributed by atoms with van der Waals surface area (Å²) in [4.78, 5) is 0. The molecule has 106 valence electrons. The van der Waals surface area contributed by atoms with Gasteiger partial charge in [-0.2, -0.15) is 0 Å². The van der Waals surface area contributed by atoms with E-state index in [1.807, 2.05) is 22.8 Å². The first-order chi connectivity index (χ1) is 9.93. The molecule has 20 heavy (non-hydrogen) atoms. The quantitative estimate of drug-likeness (QED) is 0.782. The lowest BCUT2D eigenvalue weighted by molar-refractivity contribution is -0.0552. The Bertz CT molecular complexity index is 522. The molecule has 0 bridgehead atoms. The van der Waals surface area contributed by atoms with E-state index in [2.05, 4.69) is 27.6 Å². The molecule has 1 fully saturated rings. The molecule has 0 radical (unpaired) electrons. The molecule has 2 heterocycles. The summed E-state index contributed by atoms with van der Waals surface area (Å²) in [5.41, 5.74) is 1.09. The normalized spacial score (nSPS) is 17.9. The summed E-state index contributed by atoms with van der Waals surface area (Å²) in [6.45, 7) is 2.67. The number of hydrogen-bond acceptors (Lipinski definition) is 4. The zero-order chi connectivity index (χ0) is 13.6.